The molecule has 1 saturated carbocycles. The molecule has 0 radical (unpaired) electrons. The van der Waals surface area contributed by atoms with Crippen LogP contribution in [0.2, 0.25) is 0 Å². The minimum atomic E-state index is -1.23. The van der Waals surface area contributed by atoms with E-state index in [0.717, 1.165) is 31.5 Å². The highest BCUT2D eigenvalue weighted by Crippen LogP contribution is 2.43. The van der Waals surface area contributed by atoms with E-state index in [0.29, 0.717) is 30.0 Å². The molecule has 0 bridgehead atoms. The van der Waals surface area contributed by atoms with Gasteiger partial charge in [0.05, 0.1) is 13.2 Å². The normalized spacial score (nSPS) is 19.4. The summed E-state index contributed by atoms with van der Waals surface area (Å²) in [5.41, 5.74) is 1.95. The number of morpholine rings is 1. The highest BCUT2D eigenvalue weighted by Gasteiger charge is 2.54. The standard InChI is InChI=1S/C23H26N2O4/c1-16-7-8-18(21(27)20(26)17-5-3-2-4-6-17)15-19(16)24-22(28)23(9-10-23)25-11-13-29-14-12-25/h2-8,15,20,26H,9-14H2,1H3,(H,24,28). The van der Waals surface area contributed by atoms with Crippen LogP contribution in [0.1, 0.15) is 40.4 Å². The molecular formula is C23H26N2O4. The number of hydrogen-bond donors (Lipinski definition) is 2. The van der Waals surface area contributed by atoms with Gasteiger partial charge in [-0.25, -0.2) is 0 Å². The molecular weight excluding hydrogens is 368 g/mol. The first-order valence-electron chi connectivity index (χ1n) is 10.0. The number of Topliss-reactive ketones (excluding diaryl/α,β-unsaturated/α-hetero) is 1. The fourth-order valence-electron chi connectivity index (χ4n) is 3.89. The number of ketones is 1. The molecule has 0 aromatic heterocycles. The van der Waals surface area contributed by atoms with Gasteiger partial charge < -0.3 is 15.2 Å². The fraction of sp³-hybridized carbons (Fsp3) is 0.391. The van der Waals surface area contributed by atoms with Gasteiger partial charge in [0.1, 0.15) is 11.6 Å². The maximum absolute atomic E-state index is 13.1. The van der Waals surface area contributed by atoms with E-state index in [-0.39, 0.29) is 11.7 Å². The third-order valence-corrected chi connectivity index (χ3v) is 5.90. The molecule has 6 heteroatoms. The predicted molar refractivity (Wildman–Crippen MR) is 110 cm³/mol. The molecule has 2 aromatic carbocycles. The molecule has 1 aliphatic heterocycles. The molecule has 1 saturated heterocycles. The molecule has 1 amide bonds. The number of nitrogens with one attached hydrogen (secondary N) is 1. The SMILES string of the molecule is Cc1ccc(C(=O)C(O)c2ccccc2)cc1NC(=O)C1(N2CCOCC2)CC1. The van der Waals surface area contributed by atoms with E-state index in [1.807, 2.05) is 13.0 Å². The third-order valence-electron chi connectivity index (χ3n) is 5.90. The second kappa shape index (κ2) is 8.06. The summed E-state index contributed by atoms with van der Waals surface area (Å²) in [6.45, 7) is 4.71. The Kier molecular flexibility index (Phi) is 5.50. The number of benzene rings is 2. The number of carbonyl (C=O) groups is 2. The number of amides is 1. The Hall–Kier alpha value is -2.54. The van der Waals surface area contributed by atoms with Crippen molar-refractivity contribution in [3.63, 3.8) is 0 Å². The summed E-state index contributed by atoms with van der Waals surface area (Å²) in [4.78, 5) is 28.0. The summed E-state index contributed by atoms with van der Waals surface area (Å²) in [7, 11) is 0. The molecule has 1 aliphatic carbocycles. The van der Waals surface area contributed by atoms with Gasteiger partial charge in [0.15, 0.2) is 5.78 Å². The topological polar surface area (TPSA) is 78.9 Å². The molecule has 0 spiro atoms. The number of anilines is 1. The van der Waals surface area contributed by atoms with Gasteiger partial charge in [-0.2, -0.15) is 0 Å². The van der Waals surface area contributed by atoms with Crippen molar-refractivity contribution in [2.75, 3.05) is 31.6 Å². The Balaban J connectivity index is 1.51. The smallest absolute Gasteiger partial charge is 0.244 e. The number of aliphatic hydroxyl groups is 1. The maximum Gasteiger partial charge on any atom is 0.244 e. The lowest BCUT2D eigenvalue weighted by Gasteiger charge is -2.34. The molecule has 2 fully saturated rings. The zero-order valence-corrected chi connectivity index (χ0v) is 16.6. The zero-order chi connectivity index (χ0) is 20.4. The number of aryl methyl sites for hydroxylation is 1. The molecule has 2 aliphatic rings. The van der Waals surface area contributed by atoms with Crippen molar-refractivity contribution in [3.8, 4) is 0 Å². The average Bonchev–Trinajstić information content (AvgIpc) is 3.58. The van der Waals surface area contributed by atoms with Gasteiger partial charge in [-0.05, 0) is 37.0 Å². The van der Waals surface area contributed by atoms with Gasteiger partial charge in [-0.3, -0.25) is 14.5 Å². The first-order chi connectivity index (χ1) is 14.0. The number of nitrogens with zero attached hydrogens (tertiary/aromatic N) is 1. The summed E-state index contributed by atoms with van der Waals surface area (Å²) in [5.74, 6) is -0.420. The number of hydrogen-bond acceptors (Lipinski definition) is 5. The fourth-order valence-corrected chi connectivity index (χ4v) is 3.89. The van der Waals surface area contributed by atoms with Crippen LogP contribution >= 0.6 is 0 Å². The van der Waals surface area contributed by atoms with Crippen molar-refractivity contribution >= 4 is 17.4 Å². The first kappa shape index (κ1) is 19.8. The molecule has 29 heavy (non-hydrogen) atoms. The Morgan fingerprint density at radius 1 is 1.10 bits per heavy atom. The van der Waals surface area contributed by atoms with Gasteiger partial charge in [-0.1, -0.05) is 42.5 Å². The Labute approximate surface area is 170 Å². The third kappa shape index (κ3) is 3.96. The number of rotatable bonds is 6. The maximum atomic E-state index is 13.1. The summed E-state index contributed by atoms with van der Waals surface area (Å²) in [6, 6.07) is 14.0. The Morgan fingerprint density at radius 2 is 1.79 bits per heavy atom. The van der Waals surface area contributed by atoms with Gasteiger partial charge >= 0.3 is 0 Å². The van der Waals surface area contributed by atoms with Crippen LogP contribution in [0.4, 0.5) is 5.69 Å². The van der Waals surface area contributed by atoms with Gasteiger partial charge in [0, 0.05) is 24.3 Å². The molecule has 1 heterocycles. The highest BCUT2D eigenvalue weighted by atomic mass is 16.5. The monoisotopic (exact) mass is 394 g/mol. The molecule has 4 rings (SSSR count). The number of carbonyl (C=O) groups excluding carboxylic acids is 2. The van der Waals surface area contributed by atoms with Crippen molar-refractivity contribution in [2.45, 2.75) is 31.4 Å². The minimum Gasteiger partial charge on any atom is -0.380 e. The first-order valence-corrected chi connectivity index (χ1v) is 10.0. The quantitative estimate of drug-likeness (QED) is 0.737. The Bertz CT molecular complexity index is 902. The highest BCUT2D eigenvalue weighted by molar-refractivity contribution is 6.04. The van der Waals surface area contributed by atoms with Crippen LogP contribution in [0.25, 0.3) is 0 Å². The average molecular weight is 394 g/mol. The molecule has 1 atom stereocenters. The summed E-state index contributed by atoms with van der Waals surface area (Å²) < 4.78 is 5.41. The van der Waals surface area contributed by atoms with E-state index in [2.05, 4.69) is 10.2 Å². The van der Waals surface area contributed by atoms with E-state index < -0.39 is 11.6 Å². The van der Waals surface area contributed by atoms with Crippen molar-refractivity contribution in [3.05, 3.63) is 65.2 Å². The van der Waals surface area contributed by atoms with Crippen LogP contribution < -0.4 is 5.32 Å². The molecule has 1 unspecified atom stereocenters. The van der Waals surface area contributed by atoms with Gasteiger partial charge in [-0.15, -0.1) is 0 Å². The second-order valence-electron chi connectivity index (χ2n) is 7.79. The van der Waals surface area contributed by atoms with Crippen LogP contribution in [0.15, 0.2) is 48.5 Å². The summed E-state index contributed by atoms with van der Waals surface area (Å²) in [5, 5.41) is 13.5. The molecule has 152 valence electrons. The van der Waals surface area contributed by atoms with Crippen molar-refractivity contribution < 1.29 is 19.4 Å². The number of ether oxygens (including phenoxy) is 1. The van der Waals surface area contributed by atoms with Crippen molar-refractivity contribution in [1.82, 2.24) is 4.90 Å². The van der Waals surface area contributed by atoms with E-state index in [9.17, 15) is 14.7 Å². The van der Waals surface area contributed by atoms with Crippen LogP contribution in [-0.2, 0) is 9.53 Å². The van der Waals surface area contributed by atoms with Gasteiger partial charge in [0.2, 0.25) is 5.91 Å². The van der Waals surface area contributed by atoms with Crippen LogP contribution in [-0.4, -0.2) is 53.5 Å². The summed E-state index contributed by atoms with van der Waals surface area (Å²) in [6.07, 6.45) is 0.442. The second-order valence-corrected chi connectivity index (χ2v) is 7.79. The molecule has 6 nitrogen and oxygen atoms in total. The number of aliphatic hydroxyl groups excluding tert-OH is 1. The largest absolute Gasteiger partial charge is 0.380 e. The summed E-state index contributed by atoms with van der Waals surface area (Å²) >= 11 is 0. The van der Waals surface area contributed by atoms with Crippen molar-refractivity contribution in [1.29, 1.82) is 0 Å². The van der Waals surface area contributed by atoms with E-state index in [1.54, 1.807) is 42.5 Å². The van der Waals surface area contributed by atoms with Gasteiger partial charge in [0.25, 0.3) is 0 Å². The zero-order valence-electron chi connectivity index (χ0n) is 16.6. The van der Waals surface area contributed by atoms with Crippen LogP contribution in [0.3, 0.4) is 0 Å². The Morgan fingerprint density at radius 3 is 2.45 bits per heavy atom. The lowest BCUT2D eigenvalue weighted by Crippen LogP contribution is -2.51. The van der Waals surface area contributed by atoms with E-state index in [1.165, 1.54) is 0 Å². The lowest BCUT2D eigenvalue weighted by molar-refractivity contribution is -0.124. The molecule has 2 aromatic rings. The minimum absolute atomic E-state index is 0.0318. The van der Waals surface area contributed by atoms with Crippen LogP contribution in [0, 0.1) is 6.92 Å². The van der Waals surface area contributed by atoms with Crippen LogP contribution in [0.5, 0.6) is 0 Å². The lowest BCUT2D eigenvalue weighted by atomic mass is 9.98. The predicted octanol–water partition coefficient (Wildman–Crippen LogP) is 2.71. The van der Waals surface area contributed by atoms with E-state index >= 15 is 0 Å². The van der Waals surface area contributed by atoms with Crippen molar-refractivity contribution in [2.24, 2.45) is 0 Å². The van der Waals surface area contributed by atoms with E-state index in [4.69, 9.17) is 4.74 Å². The molecule has 2 N–H and O–H groups in total.